The summed E-state index contributed by atoms with van der Waals surface area (Å²) in [6.45, 7) is 3.88. The number of likely N-dealkylation sites (N-methyl/N-ethyl adjacent to an activating group) is 1. The molecule has 0 unspecified atom stereocenters. The Morgan fingerprint density at radius 1 is 0.970 bits per heavy atom. The number of oxazole rings is 1. The summed E-state index contributed by atoms with van der Waals surface area (Å²) in [6, 6.07) is 8.86. The zero-order valence-corrected chi connectivity index (χ0v) is 18.2. The van der Waals surface area contributed by atoms with Gasteiger partial charge < -0.3 is 24.9 Å². The number of hydrogen-bond acceptors (Lipinski definition) is 9. The van der Waals surface area contributed by atoms with Crippen LogP contribution in [0.2, 0.25) is 0 Å². The van der Waals surface area contributed by atoms with Gasteiger partial charge in [-0.15, -0.1) is 0 Å². The predicted molar refractivity (Wildman–Crippen MR) is 124 cm³/mol. The third-order valence-electron chi connectivity index (χ3n) is 5.63. The van der Waals surface area contributed by atoms with Crippen molar-refractivity contribution in [1.29, 1.82) is 0 Å². The monoisotopic (exact) mass is 450 g/mol. The summed E-state index contributed by atoms with van der Waals surface area (Å²) >= 11 is 0. The second-order valence-corrected chi connectivity index (χ2v) is 7.95. The molecule has 1 aromatic carbocycles. The van der Waals surface area contributed by atoms with Crippen molar-refractivity contribution in [2.75, 3.05) is 48.8 Å². The molecule has 1 saturated heterocycles. The molecule has 4 aromatic rings. The molecule has 1 aliphatic rings. The maximum Gasteiger partial charge on any atom is 0.419 e. The minimum atomic E-state index is -0.606. The van der Waals surface area contributed by atoms with Gasteiger partial charge in [0.05, 0.1) is 23.6 Å². The zero-order chi connectivity index (χ0) is 22.9. The first kappa shape index (κ1) is 20.9. The van der Waals surface area contributed by atoms with Gasteiger partial charge in [-0.1, -0.05) is 0 Å². The maximum absolute atomic E-state index is 14.4. The van der Waals surface area contributed by atoms with Gasteiger partial charge in [-0.3, -0.25) is 4.57 Å². The molecule has 0 atom stereocenters. The van der Waals surface area contributed by atoms with Crippen LogP contribution in [0.5, 0.6) is 0 Å². The lowest BCUT2D eigenvalue weighted by atomic mass is 10.3. The Bertz CT molecular complexity index is 1340. The van der Waals surface area contributed by atoms with E-state index in [0.29, 0.717) is 22.5 Å². The third-order valence-corrected chi connectivity index (χ3v) is 5.63. The van der Waals surface area contributed by atoms with E-state index < -0.39 is 11.6 Å². The molecule has 0 saturated carbocycles. The fourth-order valence-corrected chi connectivity index (χ4v) is 3.67. The number of piperazine rings is 1. The first-order valence-electron chi connectivity index (χ1n) is 10.5. The summed E-state index contributed by atoms with van der Waals surface area (Å²) in [5, 5.41) is 5.99. The second kappa shape index (κ2) is 8.51. The first-order valence-corrected chi connectivity index (χ1v) is 10.5. The quantitative estimate of drug-likeness (QED) is 0.475. The third kappa shape index (κ3) is 4.35. The number of pyridine rings is 1. The van der Waals surface area contributed by atoms with Crippen LogP contribution >= 0.6 is 0 Å². The lowest BCUT2D eigenvalue weighted by molar-refractivity contribution is 0.312. The van der Waals surface area contributed by atoms with Crippen LogP contribution in [0.1, 0.15) is 0 Å². The number of fused-ring (bicyclic) bond motifs is 1. The Morgan fingerprint density at radius 2 is 1.76 bits per heavy atom. The topological polar surface area (TPSA) is 104 Å². The average molecular weight is 450 g/mol. The van der Waals surface area contributed by atoms with E-state index in [-0.39, 0.29) is 11.8 Å². The van der Waals surface area contributed by atoms with Crippen LogP contribution < -0.4 is 21.3 Å². The van der Waals surface area contributed by atoms with E-state index in [4.69, 9.17) is 4.42 Å². The predicted octanol–water partition coefficient (Wildman–Crippen LogP) is 2.69. The van der Waals surface area contributed by atoms with Gasteiger partial charge in [0.1, 0.15) is 5.82 Å². The maximum atomic E-state index is 14.4. The normalized spacial score (nSPS) is 14.6. The van der Waals surface area contributed by atoms with E-state index in [1.165, 1.54) is 4.57 Å². The number of aryl methyl sites for hydroxylation is 1. The number of aromatic nitrogens is 4. The molecule has 0 aliphatic carbocycles. The molecule has 0 radical (unpaired) electrons. The van der Waals surface area contributed by atoms with E-state index in [9.17, 15) is 9.18 Å². The van der Waals surface area contributed by atoms with E-state index >= 15 is 0 Å². The van der Waals surface area contributed by atoms with Crippen molar-refractivity contribution in [2.24, 2.45) is 7.05 Å². The molecule has 3 aromatic heterocycles. The van der Waals surface area contributed by atoms with E-state index in [1.807, 2.05) is 12.1 Å². The highest BCUT2D eigenvalue weighted by Gasteiger charge is 2.15. The van der Waals surface area contributed by atoms with Crippen LogP contribution in [0.15, 0.2) is 51.9 Å². The fraction of sp³-hybridized carbons (Fsp3) is 0.273. The molecule has 0 amide bonds. The number of benzene rings is 1. The number of nitrogens with zero attached hydrogens (tertiary/aromatic N) is 6. The molecule has 0 spiro atoms. The van der Waals surface area contributed by atoms with Gasteiger partial charge in [0.15, 0.2) is 17.2 Å². The van der Waals surface area contributed by atoms with Crippen LogP contribution in [-0.2, 0) is 7.05 Å². The van der Waals surface area contributed by atoms with Crippen LogP contribution in [0.4, 0.5) is 33.3 Å². The van der Waals surface area contributed by atoms with Gasteiger partial charge in [-0.2, -0.15) is 4.98 Å². The largest absolute Gasteiger partial charge is 0.419 e. The van der Waals surface area contributed by atoms with Gasteiger partial charge in [-0.25, -0.2) is 19.2 Å². The number of nitrogens with one attached hydrogen (secondary N) is 2. The summed E-state index contributed by atoms with van der Waals surface area (Å²) in [7, 11) is 3.72. The summed E-state index contributed by atoms with van der Waals surface area (Å²) < 4.78 is 20.9. The van der Waals surface area contributed by atoms with Gasteiger partial charge in [0.2, 0.25) is 5.95 Å². The van der Waals surface area contributed by atoms with Gasteiger partial charge in [0, 0.05) is 38.9 Å². The molecule has 11 heteroatoms. The van der Waals surface area contributed by atoms with Crippen LogP contribution in [0, 0.1) is 5.82 Å². The van der Waals surface area contributed by atoms with Crippen LogP contribution in [-0.4, -0.2) is 57.6 Å². The summed E-state index contributed by atoms with van der Waals surface area (Å²) in [5.74, 6) is 0.0756. The van der Waals surface area contributed by atoms with Crippen LogP contribution in [0.25, 0.3) is 11.1 Å². The fourth-order valence-electron chi connectivity index (χ4n) is 3.67. The molecule has 1 fully saturated rings. The summed E-state index contributed by atoms with van der Waals surface area (Å²) in [6.07, 6.45) is 2.80. The van der Waals surface area contributed by atoms with E-state index in [0.717, 1.165) is 38.2 Å². The molecule has 170 valence electrons. The number of anilines is 5. The first-order chi connectivity index (χ1) is 16.0. The minimum absolute atomic E-state index is 0.00219. The molecule has 10 nitrogen and oxygen atoms in total. The standard InChI is InChI=1S/C22H23FN8O2/c1-29-7-9-31(10-8-29)19-6-4-15(12-24-19)27-21-25-13-16(23)20(28-21)26-14-3-5-18-17(11-14)30(2)22(32)33-18/h3-6,11-13H,7-10H2,1-2H3,(H2,25,26,27,28). The Labute approximate surface area is 188 Å². The molecule has 1 aliphatic heterocycles. The van der Waals surface area contributed by atoms with Crippen molar-refractivity contribution in [3.63, 3.8) is 0 Å². The number of halogens is 1. The molecular formula is C22H23FN8O2. The number of rotatable bonds is 5. The average Bonchev–Trinajstić information content (AvgIpc) is 3.10. The van der Waals surface area contributed by atoms with Crippen molar-refractivity contribution in [3.05, 3.63) is 59.1 Å². The van der Waals surface area contributed by atoms with Crippen LogP contribution in [0.3, 0.4) is 0 Å². The Morgan fingerprint density at radius 3 is 2.52 bits per heavy atom. The highest BCUT2D eigenvalue weighted by atomic mass is 19.1. The lowest BCUT2D eigenvalue weighted by Crippen LogP contribution is -2.44. The van der Waals surface area contributed by atoms with Crippen molar-refractivity contribution < 1.29 is 8.81 Å². The van der Waals surface area contributed by atoms with E-state index in [1.54, 1.807) is 31.4 Å². The molecular weight excluding hydrogens is 427 g/mol. The van der Waals surface area contributed by atoms with Gasteiger partial charge in [-0.05, 0) is 37.4 Å². The highest BCUT2D eigenvalue weighted by molar-refractivity contribution is 5.79. The zero-order valence-electron chi connectivity index (χ0n) is 18.2. The smallest absolute Gasteiger partial charge is 0.408 e. The molecule has 4 heterocycles. The second-order valence-electron chi connectivity index (χ2n) is 7.95. The molecule has 5 rings (SSSR count). The lowest BCUT2D eigenvalue weighted by Gasteiger charge is -2.33. The molecule has 2 N–H and O–H groups in total. The van der Waals surface area contributed by atoms with Gasteiger partial charge >= 0.3 is 5.76 Å². The Balaban J connectivity index is 1.31. The Hall–Kier alpha value is -3.99. The molecule has 33 heavy (non-hydrogen) atoms. The van der Waals surface area contributed by atoms with Gasteiger partial charge in [0.25, 0.3) is 0 Å². The SMILES string of the molecule is CN1CCN(c2ccc(Nc3ncc(F)c(Nc4ccc5oc(=O)n(C)c5c4)n3)cn2)CC1. The van der Waals surface area contributed by atoms with Crippen molar-refractivity contribution >= 4 is 40.1 Å². The highest BCUT2D eigenvalue weighted by Crippen LogP contribution is 2.24. The summed E-state index contributed by atoms with van der Waals surface area (Å²) in [5.41, 5.74) is 2.29. The number of hydrogen-bond donors (Lipinski definition) is 2. The van der Waals surface area contributed by atoms with Crippen molar-refractivity contribution in [1.82, 2.24) is 24.4 Å². The molecule has 0 bridgehead atoms. The minimum Gasteiger partial charge on any atom is -0.408 e. The summed E-state index contributed by atoms with van der Waals surface area (Å²) in [4.78, 5) is 29.0. The van der Waals surface area contributed by atoms with Crippen molar-refractivity contribution in [2.45, 2.75) is 0 Å². The van der Waals surface area contributed by atoms with Crippen molar-refractivity contribution in [3.8, 4) is 0 Å². The Kier molecular flexibility index (Phi) is 5.38. The van der Waals surface area contributed by atoms with E-state index in [2.05, 4.69) is 42.4 Å².